The highest BCUT2D eigenvalue weighted by molar-refractivity contribution is 5.72. The molecule has 0 radical (unpaired) electrons. The predicted octanol–water partition coefficient (Wildman–Crippen LogP) is 2.19. The molecule has 4 heteroatoms. The van der Waals surface area contributed by atoms with Gasteiger partial charge in [-0.05, 0) is 32.1 Å². The van der Waals surface area contributed by atoms with Crippen LogP contribution in [0, 0.1) is 5.41 Å². The molecular weight excluding hydrogens is 268 g/mol. The summed E-state index contributed by atoms with van der Waals surface area (Å²) in [5, 5.41) is 22.0. The van der Waals surface area contributed by atoms with E-state index >= 15 is 0 Å². The van der Waals surface area contributed by atoms with Crippen LogP contribution in [0.15, 0.2) is 0 Å². The van der Waals surface area contributed by atoms with Crippen molar-refractivity contribution in [1.82, 2.24) is 0 Å². The number of rotatable bonds is 14. The van der Waals surface area contributed by atoms with Crippen molar-refractivity contribution in [3.05, 3.63) is 0 Å². The van der Waals surface area contributed by atoms with Gasteiger partial charge in [-0.15, -0.1) is 0 Å². The summed E-state index contributed by atoms with van der Waals surface area (Å²) in [6.07, 6.45) is 9.11. The second kappa shape index (κ2) is 11.6. The van der Waals surface area contributed by atoms with Gasteiger partial charge in [-0.3, -0.25) is 0 Å². The third kappa shape index (κ3) is 8.74. The number of carbonyl (C=O) groups excluding carboxylic acids is 2. The molecular formula is C17H30O4-2. The van der Waals surface area contributed by atoms with Crippen molar-refractivity contribution in [3.8, 4) is 0 Å². The van der Waals surface area contributed by atoms with Crippen LogP contribution in [0.1, 0.15) is 90.9 Å². The summed E-state index contributed by atoms with van der Waals surface area (Å²) in [7, 11) is 0. The van der Waals surface area contributed by atoms with Crippen molar-refractivity contribution in [2.24, 2.45) is 5.41 Å². The summed E-state index contributed by atoms with van der Waals surface area (Å²) >= 11 is 0. The van der Waals surface area contributed by atoms with E-state index in [0.717, 1.165) is 44.9 Å². The zero-order valence-corrected chi connectivity index (χ0v) is 13.6. The number of unbranched alkanes of at least 4 members (excludes halogenated alkanes) is 5. The van der Waals surface area contributed by atoms with Crippen LogP contribution in [0.5, 0.6) is 0 Å². The highest BCUT2D eigenvalue weighted by Crippen LogP contribution is 2.36. The summed E-state index contributed by atoms with van der Waals surface area (Å²) < 4.78 is 0. The number of carboxylic acid groups (broad SMARTS) is 2. The van der Waals surface area contributed by atoms with Crippen LogP contribution >= 0.6 is 0 Å². The van der Waals surface area contributed by atoms with Gasteiger partial charge in [0.2, 0.25) is 0 Å². The number of hydrogen-bond acceptors (Lipinski definition) is 4. The predicted molar refractivity (Wildman–Crippen MR) is 79.2 cm³/mol. The van der Waals surface area contributed by atoms with Gasteiger partial charge in [0.15, 0.2) is 0 Å². The van der Waals surface area contributed by atoms with Crippen molar-refractivity contribution >= 4 is 11.9 Å². The first-order valence-corrected chi connectivity index (χ1v) is 8.39. The Kier molecular flexibility index (Phi) is 11.0. The van der Waals surface area contributed by atoms with E-state index in [1.807, 2.05) is 0 Å². The molecule has 0 heterocycles. The Morgan fingerprint density at radius 3 is 1.67 bits per heavy atom. The minimum absolute atomic E-state index is 0.0945. The van der Waals surface area contributed by atoms with E-state index in [2.05, 4.69) is 13.8 Å². The molecule has 0 aliphatic rings. The van der Waals surface area contributed by atoms with Gasteiger partial charge in [0.25, 0.3) is 0 Å². The zero-order chi connectivity index (χ0) is 16.1. The summed E-state index contributed by atoms with van der Waals surface area (Å²) in [5.74, 6) is -1.91. The number of carboxylic acids is 2. The normalized spacial score (nSPS) is 11.5. The van der Waals surface area contributed by atoms with E-state index in [1.165, 1.54) is 0 Å². The molecule has 0 saturated carbocycles. The van der Waals surface area contributed by atoms with E-state index in [0.29, 0.717) is 25.7 Å². The maximum Gasteiger partial charge on any atom is 0.0476 e. The third-order valence-corrected chi connectivity index (χ3v) is 4.24. The summed E-state index contributed by atoms with van der Waals surface area (Å²) in [6.45, 7) is 4.14. The highest BCUT2D eigenvalue weighted by atomic mass is 16.4. The second-order valence-electron chi connectivity index (χ2n) is 6.06. The van der Waals surface area contributed by atoms with Gasteiger partial charge in [0.1, 0.15) is 0 Å². The average molecular weight is 298 g/mol. The lowest BCUT2D eigenvalue weighted by molar-refractivity contribution is -0.321. The Hall–Kier alpha value is -1.06. The Balaban J connectivity index is 4.30. The Morgan fingerprint density at radius 1 is 0.762 bits per heavy atom. The smallest absolute Gasteiger partial charge is 0.0476 e. The van der Waals surface area contributed by atoms with E-state index in [4.69, 9.17) is 0 Å². The molecule has 0 amide bonds. The lowest BCUT2D eigenvalue weighted by atomic mass is 9.74. The van der Waals surface area contributed by atoms with Gasteiger partial charge in [0, 0.05) is 17.4 Å². The van der Waals surface area contributed by atoms with E-state index in [9.17, 15) is 19.8 Å². The number of carbonyl (C=O) groups is 2. The van der Waals surface area contributed by atoms with E-state index < -0.39 is 17.4 Å². The Bertz CT molecular complexity index is 291. The zero-order valence-electron chi connectivity index (χ0n) is 13.6. The van der Waals surface area contributed by atoms with Gasteiger partial charge < -0.3 is 19.8 Å². The molecule has 21 heavy (non-hydrogen) atoms. The van der Waals surface area contributed by atoms with Crippen molar-refractivity contribution < 1.29 is 19.8 Å². The maximum atomic E-state index is 11.6. The van der Waals surface area contributed by atoms with Crippen LogP contribution in [-0.2, 0) is 9.59 Å². The molecule has 0 aromatic rings. The van der Waals surface area contributed by atoms with Crippen molar-refractivity contribution in [1.29, 1.82) is 0 Å². The fourth-order valence-corrected chi connectivity index (χ4v) is 2.80. The summed E-state index contributed by atoms with van der Waals surface area (Å²) in [6, 6.07) is 0. The molecule has 4 nitrogen and oxygen atoms in total. The number of hydrogen-bond donors (Lipinski definition) is 0. The first-order valence-electron chi connectivity index (χ1n) is 8.39. The minimum atomic E-state index is -1.01. The molecule has 0 saturated heterocycles. The highest BCUT2D eigenvalue weighted by Gasteiger charge is 2.29. The minimum Gasteiger partial charge on any atom is -0.550 e. The molecule has 124 valence electrons. The quantitative estimate of drug-likeness (QED) is 0.460. The molecule has 0 atom stereocenters. The van der Waals surface area contributed by atoms with E-state index in [-0.39, 0.29) is 6.42 Å². The van der Waals surface area contributed by atoms with E-state index in [1.54, 1.807) is 0 Å². The first kappa shape index (κ1) is 19.9. The third-order valence-electron chi connectivity index (χ3n) is 4.24. The van der Waals surface area contributed by atoms with Crippen LogP contribution in [0.25, 0.3) is 0 Å². The Morgan fingerprint density at radius 2 is 1.24 bits per heavy atom. The average Bonchev–Trinajstić information content (AvgIpc) is 2.44. The van der Waals surface area contributed by atoms with Gasteiger partial charge in [-0.1, -0.05) is 58.8 Å². The van der Waals surface area contributed by atoms with Gasteiger partial charge in [0.05, 0.1) is 0 Å². The SMILES string of the molecule is CCCCC(CCCC)(CCCCCCC(=O)[O-])C(=O)[O-]. The molecule has 0 aromatic carbocycles. The van der Waals surface area contributed by atoms with Crippen LogP contribution in [0.3, 0.4) is 0 Å². The van der Waals surface area contributed by atoms with Crippen LogP contribution < -0.4 is 10.2 Å². The van der Waals surface area contributed by atoms with Crippen molar-refractivity contribution in [2.45, 2.75) is 90.9 Å². The molecule has 0 bridgehead atoms. The van der Waals surface area contributed by atoms with Crippen LogP contribution in [-0.4, -0.2) is 11.9 Å². The topological polar surface area (TPSA) is 80.3 Å². The maximum absolute atomic E-state index is 11.6. The molecule has 0 spiro atoms. The molecule has 0 aliphatic carbocycles. The summed E-state index contributed by atoms with van der Waals surface area (Å²) in [4.78, 5) is 22.0. The molecule has 0 fully saturated rings. The largest absolute Gasteiger partial charge is 0.550 e. The lowest BCUT2D eigenvalue weighted by Crippen LogP contribution is -2.42. The van der Waals surface area contributed by atoms with Gasteiger partial charge in [-0.2, -0.15) is 0 Å². The Labute approximate surface area is 128 Å². The summed E-state index contributed by atoms with van der Waals surface area (Å²) in [5.41, 5.74) is -0.680. The monoisotopic (exact) mass is 298 g/mol. The van der Waals surface area contributed by atoms with Crippen LogP contribution in [0.2, 0.25) is 0 Å². The standard InChI is InChI=1S/C17H32O4/c1-3-5-12-17(16(20)21,13-6-4-2)14-10-8-7-9-11-15(18)19/h3-14H2,1-2H3,(H,18,19)(H,20,21)/p-2. The van der Waals surface area contributed by atoms with Gasteiger partial charge >= 0.3 is 0 Å². The van der Waals surface area contributed by atoms with Crippen molar-refractivity contribution in [2.75, 3.05) is 0 Å². The fraction of sp³-hybridized carbons (Fsp3) is 0.882. The second-order valence-corrected chi connectivity index (χ2v) is 6.06. The molecule has 0 aliphatic heterocycles. The molecule has 0 rings (SSSR count). The van der Waals surface area contributed by atoms with Crippen molar-refractivity contribution in [3.63, 3.8) is 0 Å². The lowest BCUT2D eigenvalue weighted by Gasteiger charge is -2.35. The fourth-order valence-electron chi connectivity index (χ4n) is 2.80. The molecule has 0 aromatic heterocycles. The first-order chi connectivity index (χ1) is 9.98. The van der Waals surface area contributed by atoms with Gasteiger partial charge in [-0.25, -0.2) is 0 Å². The molecule has 0 unspecified atom stereocenters. The van der Waals surface area contributed by atoms with Crippen LogP contribution in [0.4, 0.5) is 0 Å². The molecule has 0 N–H and O–H groups in total. The number of aliphatic carboxylic acids is 2.